The van der Waals surface area contributed by atoms with E-state index in [1.54, 1.807) is 12.1 Å². The Bertz CT molecular complexity index is 447. The van der Waals surface area contributed by atoms with Crippen molar-refractivity contribution in [1.29, 1.82) is 10.5 Å². The van der Waals surface area contributed by atoms with Gasteiger partial charge >= 0.3 is 0 Å². The van der Waals surface area contributed by atoms with Gasteiger partial charge in [0.2, 0.25) is 0 Å². The van der Waals surface area contributed by atoms with Crippen LogP contribution in [0.5, 0.6) is 11.5 Å². The molecule has 18 heavy (non-hydrogen) atoms. The van der Waals surface area contributed by atoms with Crippen molar-refractivity contribution in [3.8, 4) is 23.6 Å². The van der Waals surface area contributed by atoms with Gasteiger partial charge in [-0.25, -0.2) is 8.78 Å². The van der Waals surface area contributed by atoms with Gasteiger partial charge in [0.1, 0.15) is 61.3 Å². The molecular formula is C12H10F2N2O2. The van der Waals surface area contributed by atoms with Crippen LogP contribution in [0.2, 0.25) is 0 Å². The number of rotatable bonds is 6. The highest BCUT2D eigenvalue weighted by Gasteiger charge is 2.15. The Labute approximate surface area is 103 Å². The van der Waals surface area contributed by atoms with Gasteiger partial charge in [0, 0.05) is 0 Å². The summed E-state index contributed by atoms with van der Waals surface area (Å²) < 4.78 is 34.0. The Balaban J connectivity index is 3.12. The third-order valence-corrected chi connectivity index (χ3v) is 2.02. The van der Waals surface area contributed by atoms with Crippen LogP contribution in [0.1, 0.15) is 11.1 Å². The molecule has 1 rings (SSSR count). The Morgan fingerprint density at radius 2 is 1.28 bits per heavy atom. The highest BCUT2D eigenvalue weighted by atomic mass is 19.1. The summed E-state index contributed by atoms with van der Waals surface area (Å²) in [4.78, 5) is 0. The predicted molar refractivity (Wildman–Crippen MR) is 58.8 cm³/mol. The lowest BCUT2D eigenvalue weighted by atomic mass is 10.1. The van der Waals surface area contributed by atoms with Gasteiger partial charge in [-0.2, -0.15) is 10.5 Å². The first-order valence-electron chi connectivity index (χ1n) is 5.13. The Morgan fingerprint density at radius 3 is 1.56 bits per heavy atom. The minimum Gasteiger partial charge on any atom is -0.489 e. The van der Waals surface area contributed by atoms with E-state index in [0.29, 0.717) is 0 Å². The lowest BCUT2D eigenvalue weighted by molar-refractivity contribution is 0.266. The van der Waals surface area contributed by atoms with Crippen LogP contribution in [-0.4, -0.2) is 26.6 Å². The summed E-state index contributed by atoms with van der Waals surface area (Å²) in [7, 11) is 0. The van der Waals surface area contributed by atoms with Gasteiger partial charge in [0.05, 0.1) is 0 Å². The minimum absolute atomic E-state index is 0.0395. The third-order valence-electron chi connectivity index (χ3n) is 2.02. The topological polar surface area (TPSA) is 66.0 Å². The molecule has 0 saturated carbocycles. The monoisotopic (exact) mass is 252 g/mol. The normalized spacial score (nSPS) is 9.33. The fourth-order valence-electron chi connectivity index (χ4n) is 1.32. The highest BCUT2D eigenvalue weighted by molar-refractivity contribution is 5.60. The smallest absolute Gasteiger partial charge is 0.138 e. The van der Waals surface area contributed by atoms with Crippen LogP contribution < -0.4 is 9.47 Å². The molecule has 0 unspecified atom stereocenters. The molecule has 1 aromatic rings. The van der Waals surface area contributed by atoms with E-state index in [-0.39, 0.29) is 35.8 Å². The molecule has 0 spiro atoms. The third kappa shape index (κ3) is 3.08. The van der Waals surface area contributed by atoms with Crippen LogP contribution in [0.4, 0.5) is 8.78 Å². The summed E-state index contributed by atoms with van der Waals surface area (Å²) >= 11 is 0. The van der Waals surface area contributed by atoms with Crippen LogP contribution in [0.25, 0.3) is 0 Å². The van der Waals surface area contributed by atoms with Gasteiger partial charge in [-0.3, -0.25) is 0 Å². The maximum Gasteiger partial charge on any atom is 0.138 e. The van der Waals surface area contributed by atoms with Gasteiger partial charge in [-0.15, -0.1) is 0 Å². The molecule has 1 aromatic carbocycles. The number of nitriles is 2. The largest absolute Gasteiger partial charge is 0.489 e. The van der Waals surface area contributed by atoms with Crippen molar-refractivity contribution >= 4 is 0 Å². The van der Waals surface area contributed by atoms with Crippen LogP contribution in [0.3, 0.4) is 0 Å². The zero-order valence-electron chi connectivity index (χ0n) is 9.45. The molecule has 94 valence electrons. The van der Waals surface area contributed by atoms with E-state index in [1.165, 1.54) is 12.1 Å². The molecule has 0 bridgehead atoms. The van der Waals surface area contributed by atoms with Crippen molar-refractivity contribution in [2.24, 2.45) is 0 Å². The van der Waals surface area contributed by atoms with E-state index in [4.69, 9.17) is 20.0 Å². The van der Waals surface area contributed by atoms with E-state index in [0.717, 1.165) is 0 Å². The fourth-order valence-corrected chi connectivity index (χ4v) is 1.32. The van der Waals surface area contributed by atoms with Gasteiger partial charge in [-0.05, 0) is 12.1 Å². The summed E-state index contributed by atoms with van der Waals surface area (Å²) in [6.07, 6.45) is 0. The lowest BCUT2D eigenvalue weighted by Gasteiger charge is -2.11. The van der Waals surface area contributed by atoms with Gasteiger partial charge < -0.3 is 9.47 Å². The van der Waals surface area contributed by atoms with Crippen molar-refractivity contribution in [3.63, 3.8) is 0 Å². The minimum atomic E-state index is -0.702. The highest BCUT2D eigenvalue weighted by Crippen LogP contribution is 2.29. The summed E-state index contributed by atoms with van der Waals surface area (Å²) in [5.74, 6) is 0.221. The number of hydrogen-bond acceptors (Lipinski definition) is 4. The molecule has 0 heterocycles. The summed E-state index contributed by atoms with van der Waals surface area (Å²) in [6, 6.07) is 6.38. The fraction of sp³-hybridized carbons (Fsp3) is 0.333. The van der Waals surface area contributed by atoms with Crippen molar-refractivity contribution in [2.45, 2.75) is 0 Å². The zero-order chi connectivity index (χ0) is 13.4. The van der Waals surface area contributed by atoms with Crippen molar-refractivity contribution in [3.05, 3.63) is 23.3 Å². The van der Waals surface area contributed by atoms with Crippen molar-refractivity contribution < 1.29 is 18.3 Å². The number of ether oxygens (including phenoxy) is 2. The number of hydrogen-bond donors (Lipinski definition) is 0. The van der Waals surface area contributed by atoms with Gasteiger partial charge in [0.25, 0.3) is 0 Å². The molecule has 6 heteroatoms. The molecule has 0 aliphatic heterocycles. The molecule has 0 radical (unpaired) electrons. The van der Waals surface area contributed by atoms with E-state index in [9.17, 15) is 8.78 Å². The molecule has 0 N–H and O–H groups in total. The molecule has 4 nitrogen and oxygen atoms in total. The van der Waals surface area contributed by atoms with Crippen LogP contribution in [-0.2, 0) is 0 Å². The lowest BCUT2D eigenvalue weighted by Crippen LogP contribution is -2.05. The number of alkyl halides is 2. The first-order valence-corrected chi connectivity index (χ1v) is 5.13. The Hall–Kier alpha value is -2.34. The second kappa shape index (κ2) is 7.08. The van der Waals surface area contributed by atoms with Crippen LogP contribution in [0, 0.1) is 22.7 Å². The molecule has 0 saturated heterocycles. The standard InChI is InChI=1S/C12H10F2N2O2/c13-3-5-17-11-1-2-12(18-6-4-14)10(8-16)9(11)7-15/h1-2H,3-6H2. The second-order valence-electron chi connectivity index (χ2n) is 3.11. The molecule has 0 aliphatic carbocycles. The SMILES string of the molecule is N#Cc1c(OCCF)ccc(OCCF)c1C#N. The first kappa shape index (κ1) is 13.7. The van der Waals surface area contributed by atoms with E-state index >= 15 is 0 Å². The Kier molecular flexibility index (Phi) is 5.40. The predicted octanol–water partition coefficient (Wildman–Crippen LogP) is 2.13. The van der Waals surface area contributed by atoms with Gasteiger partial charge in [-0.1, -0.05) is 0 Å². The first-order chi connectivity index (χ1) is 8.78. The van der Waals surface area contributed by atoms with Crippen molar-refractivity contribution in [1.82, 2.24) is 0 Å². The van der Waals surface area contributed by atoms with Crippen molar-refractivity contribution in [2.75, 3.05) is 26.6 Å². The molecule has 0 aliphatic rings. The summed E-state index contributed by atoms with van der Waals surface area (Å²) in [5, 5.41) is 18.0. The van der Waals surface area contributed by atoms with Crippen LogP contribution >= 0.6 is 0 Å². The Morgan fingerprint density at radius 1 is 0.889 bits per heavy atom. The molecule has 0 aromatic heterocycles. The number of halogens is 2. The average molecular weight is 252 g/mol. The van der Waals surface area contributed by atoms with Gasteiger partial charge in [0.15, 0.2) is 0 Å². The van der Waals surface area contributed by atoms with E-state index < -0.39 is 13.3 Å². The number of benzene rings is 1. The maximum absolute atomic E-state index is 12.0. The molecule has 0 atom stereocenters. The quantitative estimate of drug-likeness (QED) is 0.777. The van der Waals surface area contributed by atoms with Crippen LogP contribution in [0.15, 0.2) is 12.1 Å². The summed E-state index contributed by atoms with van der Waals surface area (Å²) in [6.45, 7) is -1.81. The maximum atomic E-state index is 12.0. The summed E-state index contributed by atoms with van der Waals surface area (Å²) in [5.41, 5.74) is -0.0791. The second-order valence-corrected chi connectivity index (χ2v) is 3.11. The molecule has 0 fully saturated rings. The molecular weight excluding hydrogens is 242 g/mol. The van der Waals surface area contributed by atoms with E-state index in [2.05, 4.69) is 0 Å². The number of nitrogens with zero attached hydrogens (tertiary/aromatic N) is 2. The van der Waals surface area contributed by atoms with E-state index in [1.807, 2.05) is 0 Å². The average Bonchev–Trinajstić information content (AvgIpc) is 2.42. The molecule has 0 amide bonds. The zero-order valence-corrected chi connectivity index (χ0v) is 9.45.